The molecule has 21 heavy (non-hydrogen) atoms. The van der Waals surface area contributed by atoms with Gasteiger partial charge in [0.25, 0.3) is 0 Å². The van der Waals surface area contributed by atoms with Gasteiger partial charge >= 0.3 is 5.97 Å². The molecule has 108 valence electrons. The molecule has 0 spiro atoms. The Kier molecular flexibility index (Phi) is 2.93. The third-order valence-corrected chi connectivity index (χ3v) is 4.28. The highest BCUT2D eigenvalue weighted by atomic mass is 16.4. The summed E-state index contributed by atoms with van der Waals surface area (Å²) in [5, 5.41) is 12.8. The highest BCUT2D eigenvalue weighted by molar-refractivity contribution is 6.05. The number of fused-ring (bicyclic) bond motifs is 1. The molecule has 1 saturated carbocycles. The molecule has 5 heteroatoms. The van der Waals surface area contributed by atoms with Crippen LogP contribution >= 0.6 is 0 Å². The van der Waals surface area contributed by atoms with Gasteiger partial charge in [0.05, 0.1) is 23.0 Å². The second kappa shape index (κ2) is 4.55. The van der Waals surface area contributed by atoms with Gasteiger partial charge in [-0.05, 0) is 29.7 Å². The normalized spacial score (nSPS) is 22.8. The largest absolute Gasteiger partial charge is 0.481 e. The highest BCUT2D eigenvalue weighted by Crippen LogP contribution is 2.58. The fourth-order valence-electron chi connectivity index (χ4n) is 3.01. The molecule has 2 atom stereocenters. The number of amides is 1. The van der Waals surface area contributed by atoms with E-state index in [9.17, 15) is 9.59 Å². The van der Waals surface area contributed by atoms with Crippen molar-refractivity contribution in [1.29, 1.82) is 0 Å². The molecule has 0 unspecified atom stereocenters. The van der Waals surface area contributed by atoms with E-state index in [4.69, 9.17) is 5.11 Å². The summed E-state index contributed by atoms with van der Waals surface area (Å²) in [4.78, 5) is 27.8. The van der Waals surface area contributed by atoms with Gasteiger partial charge in [-0.1, -0.05) is 19.9 Å². The fourth-order valence-corrected chi connectivity index (χ4v) is 3.01. The van der Waals surface area contributed by atoms with E-state index < -0.39 is 23.2 Å². The summed E-state index contributed by atoms with van der Waals surface area (Å²) in [6, 6.07) is 9.17. The number of hydrogen-bond acceptors (Lipinski definition) is 3. The zero-order valence-corrected chi connectivity index (χ0v) is 11.8. The lowest BCUT2D eigenvalue weighted by Gasteiger charge is -2.08. The van der Waals surface area contributed by atoms with Crippen LogP contribution in [0.2, 0.25) is 0 Å². The number of rotatable bonds is 3. The summed E-state index contributed by atoms with van der Waals surface area (Å²) in [6.07, 6.45) is 1.69. The van der Waals surface area contributed by atoms with Crippen LogP contribution < -0.4 is 5.32 Å². The van der Waals surface area contributed by atoms with E-state index in [1.807, 2.05) is 18.2 Å². The van der Waals surface area contributed by atoms with E-state index in [0.29, 0.717) is 5.69 Å². The maximum absolute atomic E-state index is 12.4. The van der Waals surface area contributed by atoms with Crippen molar-refractivity contribution in [3.8, 4) is 0 Å². The first kappa shape index (κ1) is 13.5. The Morgan fingerprint density at radius 2 is 1.95 bits per heavy atom. The molecule has 1 fully saturated rings. The van der Waals surface area contributed by atoms with Crippen LogP contribution in [0.25, 0.3) is 10.9 Å². The maximum atomic E-state index is 12.4. The Hall–Kier alpha value is -2.43. The van der Waals surface area contributed by atoms with Crippen molar-refractivity contribution in [3.63, 3.8) is 0 Å². The van der Waals surface area contributed by atoms with Crippen LogP contribution in [0.5, 0.6) is 0 Å². The number of anilines is 1. The second-order valence-corrected chi connectivity index (χ2v) is 5.98. The SMILES string of the molecule is CC1(C)[C@H](C(=O)O)[C@@H]1C(=O)Nc1cccc2ncccc12. The van der Waals surface area contributed by atoms with Gasteiger partial charge < -0.3 is 10.4 Å². The predicted octanol–water partition coefficient (Wildman–Crippen LogP) is 2.53. The average molecular weight is 284 g/mol. The quantitative estimate of drug-likeness (QED) is 0.907. The molecule has 5 nitrogen and oxygen atoms in total. The van der Waals surface area contributed by atoms with Gasteiger partial charge in [-0.2, -0.15) is 0 Å². The van der Waals surface area contributed by atoms with Crippen LogP contribution in [-0.2, 0) is 9.59 Å². The topological polar surface area (TPSA) is 79.3 Å². The Bertz CT molecular complexity index is 734. The minimum atomic E-state index is -0.917. The first-order chi connectivity index (χ1) is 9.93. The highest BCUT2D eigenvalue weighted by Gasteiger charge is 2.65. The molecule has 0 saturated heterocycles. The molecule has 0 aliphatic heterocycles. The van der Waals surface area contributed by atoms with Gasteiger partial charge in [-0.15, -0.1) is 0 Å². The van der Waals surface area contributed by atoms with Crippen molar-refractivity contribution in [2.24, 2.45) is 17.3 Å². The number of nitrogens with zero attached hydrogens (tertiary/aromatic N) is 1. The number of carbonyl (C=O) groups excluding carboxylic acids is 1. The number of aromatic nitrogens is 1. The Morgan fingerprint density at radius 1 is 1.19 bits per heavy atom. The minimum absolute atomic E-state index is 0.247. The van der Waals surface area contributed by atoms with Crippen molar-refractivity contribution in [2.75, 3.05) is 5.32 Å². The molecular formula is C16H16N2O3. The average Bonchev–Trinajstić information content (AvgIpc) is 3.02. The standard InChI is InChI=1S/C16H16N2O3/c1-16(2)12(13(16)15(20)21)14(19)18-11-7-3-6-10-9(11)5-4-8-17-10/h3-8,12-13H,1-2H3,(H,18,19)(H,20,21)/t12-,13+/m1/s1. The Morgan fingerprint density at radius 3 is 2.62 bits per heavy atom. The van der Waals surface area contributed by atoms with Gasteiger partial charge in [-0.25, -0.2) is 0 Å². The number of pyridine rings is 1. The first-order valence-corrected chi connectivity index (χ1v) is 6.80. The number of nitrogens with one attached hydrogen (secondary N) is 1. The monoisotopic (exact) mass is 284 g/mol. The lowest BCUT2D eigenvalue weighted by Crippen LogP contribution is -2.18. The molecule has 1 heterocycles. The zero-order chi connectivity index (χ0) is 15.2. The summed E-state index contributed by atoms with van der Waals surface area (Å²) in [7, 11) is 0. The van der Waals surface area contributed by atoms with Crippen molar-refractivity contribution < 1.29 is 14.7 Å². The first-order valence-electron chi connectivity index (χ1n) is 6.80. The summed E-state index contributed by atoms with van der Waals surface area (Å²) in [6.45, 7) is 3.61. The van der Waals surface area contributed by atoms with Gasteiger partial charge in [0.1, 0.15) is 0 Å². The van der Waals surface area contributed by atoms with Crippen LogP contribution in [0.1, 0.15) is 13.8 Å². The van der Waals surface area contributed by atoms with Gasteiger partial charge in [-0.3, -0.25) is 14.6 Å². The lowest BCUT2D eigenvalue weighted by atomic mass is 10.1. The van der Waals surface area contributed by atoms with Crippen LogP contribution in [0.4, 0.5) is 5.69 Å². The molecule has 3 rings (SSSR count). The number of carbonyl (C=O) groups is 2. The number of hydrogen-bond donors (Lipinski definition) is 2. The molecule has 1 aromatic carbocycles. The fraction of sp³-hybridized carbons (Fsp3) is 0.312. The predicted molar refractivity (Wildman–Crippen MR) is 78.8 cm³/mol. The summed E-state index contributed by atoms with van der Waals surface area (Å²) >= 11 is 0. The van der Waals surface area contributed by atoms with Crippen LogP contribution in [0.15, 0.2) is 36.5 Å². The van der Waals surface area contributed by atoms with Crippen molar-refractivity contribution >= 4 is 28.5 Å². The van der Waals surface area contributed by atoms with E-state index in [1.165, 1.54) is 0 Å². The van der Waals surface area contributed by atoms with Gasteiger partial charge in [0, 0.05) is 11.6 Å². The lowest BCUT2D eigenvalue weighted by molar-refractivity contribution is -0.140. The van der Waals surface area contributed by atoms with Crippen molar-refractivity contribution in [3.05, 3.63) is 36.5 Å². The Labute approximate surface area is 122 Å². The van der Waals surface area contributed by atoms with E-state index in [1.54, 1.807) is 32.2 Å². The molecular weight excluding hydrogens is 268 g/mol. The van der Waals surface area contributed by atoms with Crippen molar-refractivity contribution in [1.82, 2.24) is 4.98 Å². The molecule has 1 amide bonds. The third kappa shape index (κ3) is 2.14. The number of aliphatic carboxylic acids is 1. The third-order valence-electron chi connectivity index (χ3n) is 4.28. The van der Waals surface area contributed by atoms with Crippen LogP contribution in [-0.4, -0.2) is 22.0 Å². The molecule has 1 aromatic heterocycles. The minimum Gasteiger partial charge on any atom is -0.481 e. The molecule has 2 aromatic rings. The van der Waals surface area contributed by atoms with Crippen molar-refractivity contribution in [2.45, 2.75) is 13.8 Å². The Balaban J connectivity index is 1.87. The number of benzene rings is 1. The van der Waals surface area contributed by atoms with E-state index in [2.05, 4.69) is 10.3 Å². The van der Waals surface area contributed by atoms with E-state index in [-0.39, 0.29) is 5.91 Å². The molecule has 2 N–H and O–H groups in total. The van der Waals surface area contributed by atoms with Crippen LogP contribution in [0, 0.1) is 17.3 Å². The summed E-state index contributed by atoms with van der Waals surface area (Å²) in [5.74, 6) is -2.28. The van der Waals surface area contributed by atoms with Gasteiger partial charge in [0.15, 0.2) is 0 Å². The second-order valence-electron chi connectivity index (χ2n) is 5.98. The maximum Gasteiger partial charge on any atom is 0.307 e. The molecule has 0 bridgehead atoms. The van der Waals surface area contributed by atoms with E-state index in [0.717, 1.165) is 10.9 Å². The molecule has 1 aliphatic carbocycles. The molecule has 0 radical (unpaired) electrons. The summed E-state index contributed by atoms with van der Waals surface area (Å²) in [5.41, 5.74) is 0.955. The summed E-state index contributed by atoms with van der Waals surface area (Å²) < 4.78 is 0. The smallest absolute Gasteiger partial charge is 0.307 e. The van der Waals surface area contributed by atoms with E-state index >= 15 is 0 Å². The van der Waals surface area contributed by atoms with Crippen LogP contribution in [0.3, 0.4) is 0 Å². The number of carboxylic acid groups (broad SMARTS) is 1. The molecule has 1 aliphatic rings. The zero-order valence-electron chi connectivity index (χ0n) is 11.8. The van der Waals surface area contributed by atoms with Gasteiger partial charge in [0.2, 0.25) is 5.91 Å². The number of carboxylic acids is 1.